The van der Waals surface area contributed by atoms with Crippen molar-refractivity contribution in [3.63, 3.8) is 0 Å². The van der Waals surface area contributed by atoms with Gasteiger partial charge in [-0.1, -0.05) is 13.0 Å². The first-order chi connectivity index (χ1) is 15.4. The Hall–Kier alpha value is -2.67. The van der Waals surface area contributed by atoms with Crippen molar-refractivity contribution in [1.82, 2.24) is 15.3 Å². The van der Waals surface area contributed by atoms with Crippen LogP contribution >= 0.6 is 0 Å². The number of rotatable bonds is 4. The first kappa shape index (κ1) is 21.2. The number of pyridine rings is 2. The van der Waals surface area contributed by atoms with Crippen LogP contribution in [0.3, 0.4) is 0 Å². The van der Waals surface area contributed by atoms with Crippen LogP contribution in [0.4, 0.5) is 5.69 Å². The summed E-state index contributed by atoms with van der Waals surface area (Å²) in [4.78, 5) is 34.3. The highest BCUT2D eigenvalue weighted by molar-refractivity contribution is 5.92. The van der Waals surface area contributed by atoms with Gasteiger partial charge < -0.3 is 19.7 Å². The fourth-order valence-corrected chi connectivity index (χ4v) is 6.37. The van der Waals surface area contributed by atoms with Crippen molar-refractivity contribution in [2.75, 3.05) is 44.7 Å². The minimum atomic E-state index is -0.143. The zero-order valence-electron chi connectivity index (χ0n) is 19.4. The van der Waals surface area contributed by atoms with Crippen LogP contribution in [0.5, 0.6) is 0 Å². The largest absolute Gasteiger partial charge is 0.359 e. The van der Waals surface area contributed by atoms with E-state index >= 15 is 0 Å². The molecule has 1 amide bonds. The molecule has 2 aliphatic heterocycles. The number of H-pyrrole nitrogens is 1. The smallest absolute Gasteiger partial charge is 0.269 e. The Morgan fingerprint density at radius 3 is 2.72 bits per heavy atom. The van der Waals surface area contributed by atoms with Gasteiger partial charge in [-0.15, -0.1) is 0 Å². The van der Waals surface area contributed by atoms with E-state index in [9.17, 15) is 9.59 Å². The molecule has 2 aromatic rings. The predicted octanol–water partition coefficient (Wildman–Crippen LogP) is 2.36. The molecule has 0 radical (unpaired) electrons. The Kier molecular flexibility index (Phi) is 5.12. The summed E-state index contributed by atoms with van der Waals surface area (Å²) in [6, 6.07) is 8.03. The summed E-state index contributed by atoms with van der Waals surface area (Å²) in [5.74, 6) is 0.336. The number of piperazine rings is 1. The number of hydrogen-bond donors (Lipinski definition) is 2. The first-order valence-electron chi connectivity index (χ1n) is 11.9. The van der Waals surface area contributed by atoms with Crippen molar-refractivity contribution < 1.29 is 9.28 Å². The van der Waals surface area contributed by atoms with Gasteiger partial charge >= 0.3 is 0 Å². The van der Waals surface area contributed by atoms with Gasteiger partial charge in [0.25, 0.3) is 11.5 Å². The molecule has 5 rings (SSSR count). The summed E-state index contributed by atoms with van der Waals surface area (Å²) < 4.78 is 1.24. The van der Waals surface area contributed by atoms with Crippen molar-refractivity contribution in [1.29, 1.82) is 0 Å². The van der Waals surface area contributed by atoms with Gasteiger partial charge in [0.1, 0.15) is 17.8 Å². The molecule has 1 saturated carbocycles. The number of nitrogens with one attached hydrogen (secondary N) is 2. The van der Waals surface area contributed by atoms with E-state index in [1.54, 1.807) is 7.05 Å². The second-order valence-electron chi connectivity index (χ2n) is 9.90. The average molecular weight is 437 g/mol. The maximum atomic E-state index is 12.3. The lowest BCUT2D eigenvalue weighted by molar-refractivity contribution is -0.830. The van der Waals surface area contributed by atoms with E-state index in [1.807, 2.05) is 32.0 Å². The van der Waals surface area contributed by atoms with Crippen LogP contribution in [0.25, 0.3) is 0 Å². The predicted molar refractivity (Wildman–Crippen MR) is 125 cm³/mol. The van der Waals surface area contributed by atoms with Gasteiger partial charge in [-0.25, -0.2) is 4.98 Å². The maximum absolute atomic E-state index is 12.3. The molecule has 4 heterocycles. The second kappa shape index (κ2) is 7.73. The quantitative estimate of drug-likeness (QED) is 0.570. The van der Waals surface area contributed by atoms with Crippen LogP contribution in [-0.4, -0.2) is 65.7 Å². The van der Waals surface area contributed by atoms with E-state index in [0.717, 1.165) is 55.2 Å². The Balaban J connectivity index is 1.24. The molecule has 2 saturated heterocycles. The second-order valence-corrected chi connectivity index (χ2v) is 9.90. The highest BCUT2D eigenvalue weighted by Gasteiger charge is 2.71. The number of anilines is 1. The number of quaternary nitrogens is 1. The summed E-state index contributed by atoms with van der Waals surface area (Å²) in [5.41, 5.74) is 5.04. The molecule has 0 aromatic carbocycles. The molecule has 170 valence electrons. The van der Waals surface area contributed by atoms with E-state index in [1.165, 1.54) is 30.3 Å². The van der Waals surface area contributed by atoms with E-state index < -0.39 is 0 Å². The SMILES string of the molecule is CCc1ccc([C@@H]2CCC3(C2)C[N+]32CCN(c3ccc(C(=O)NC)nc3C)CC2)[nH]c1=O. The molecule has 3 fully saturated rings. The van der Waals surface area contributed by atoms with E-state index in [4.69, 9.17) is 0 Å². The van der Waals surface area contributed by atoms with Gasteiger partial charge in [-0.3, -0.25) is 9.59 Å². The standard InChI is InChI=1S/C25H33N5O2/c1-4-18-5-6-20(28-23(18)31)19-9-10-25(15-19)16-30(25)13-11-29(12-14-30)22-8-7-21(24(32)26-3)27-17(22)2/h5-8,19H,4,9-16H2,1-3H3,(H-,26,28,31,32)/p+1/t19-,25?/m1/s1. The fourth-order valence-electron chi connectivity index (χ4n) is 6.37. The van der Waals surface area contributed by atoms with Crippen LogP contribution < -0.4 is 15.8 Å². The van der Waals surface area contributed by atoms with Gasteiger partial charge in [0.15, 0.2) is 0 Å². The van der Waals surface area contributed by atoms with Crippen molar-refractivity contribution in [3.8, 4) is 0 Å². The van der Waals surface area contributed by atoms with Crippen molar-refractivity contribution >= 4 is 11.6 Å². The summed E-state index contributed by atoms with van der Waals surface area (Å²) >= 11 is 0. The maximum Gasteiger partial charge on any atom is 0.269 e. The molecule has 7 heteroatoms. The minimum Gasteiger partial charge on any atom is -0.359 e. The molecule has 3 aliphatic rings. The van der Waals surface area contributed by atoms with Crippen molar-refractivity contribution in [3.05, 3.63) is 57.3 Å². The number of aryl methyl sites for hydroxylation is 2. The van der Waals surface area contributed by atoms with E-state index in [0.29, 0.717) is 17.2 Å². The minimum absolute atomic E-state index is 0.0886. The first-order valence-corrected chi connectivity index (χ1v) is 11.9. The van der Waals surface area contributed by atoms with Crippen LogP contribution in [0.1, 0.15) is 59.5 Å². The summed E-state index contributed by atoms with van der Waals surface area (Å²) in [7, 11) is 1.63. The van der Waals surface area contributed by atoms with Gasteiger partial charge in [-0.2, -0.15) is 0 Å². The van der Waals surface area contributed by atoms with Crippen LogP contribution in [0.2, 0.25) is 0 Å². The van der Waals surface area contributed by atoms with Crippen molar-refractivity contribution in [2.24, 2.45) is 0 Å². The molecule has 1 aliphatic carbocycles. The lowest BCUT2D eigenvalue weighted by Crippen LogP contribution is -2.51. The third kappa shape index (κ3) is 3.34. The van der Waals surface area contributed by atoms with E-state index in [2.05, 4.69) is 26.3 Å². The molecule has 0 bridgehead atoms. The molecule has 2 spiro atoms. The Bertz CT molecular complexity index is 1100. The third-order valence-corrected chi connectivity index (χ3v) is 8.37. The normalized spacial score (nSPS) is 26.0. The highest BCUT2D eigenvalue weighted by Crippen LogP contribution is 2.58. The molecule has 2 aromatic heterocycles. The van der Waals surface area contributed by atoms with Crippen molar-refractivity contribution in [2.45, 2.75) is 51.0 Å². The number of nitrogens with zero attached hydrogens (tertiary/aromatic N) is 3. The summed E-state index contributed by atoms with van der Waals surface area (Å²) in [6.07, 6.45) is 4.41. The van der Waals surface area contributed by atoms with Crippen LogP contribution in [0, 0.1) is 6.92 Å². The third-order valence-electron chi connectivity index (χ3n) is 8.37. The molecule has 2 atom stereocenters. The van der Waals surface area contributed by atoms with Crippen LogP contribution in [-0.2, 0) is 6.42 Å². The topological polar surface area (TPSA) is 78.1 Å². The van der Waals surface area contributed by atoms with Gasteiger partial charge in [0.2, 0.25) is 0 Å². The molecule has 1 unspecified atom stereocenters. The Morgan fingerprint density at radius 2 is 2.06 bits per heavy atom. The number of fused-ring (bicyclic) bond motifs is 1. The number of aromatic amines is 1. The summed E-state index contributed by atoms with van der Waals surface area (Å²) in [6.45, 7) is 9.67. The molecule has 2 N–H and O–H groups in total. The van der Waals surface area contributed by atoms with Gasteiger partial charge in [0.05, 0.1) is 37.6 Å². The molecule has 32 heavy (non-hydrogen) atoms. The number of carbonyl (C=O) groups is 1. The number of hydrogen-bond acceptors (Lipinski definition) is 4. The molecular weight excluding hydrogens is 402 g/mol. The monoisotopic (exact) mass is 436 g/mol. The number of aromatic nitrogens is 2. The summed E-state index contributed by atoms with van der Waals surface area (Å²) in [5, 5.41) is 2.64. The van der Waals surface area contributed by atoms with Gasteiger partial charge in [0, 0.05) is 37.1 Å². The van der Waals surface area contributed by atoms with Crippen LogP contribution in [0.15, 0.2) is 29.1 Å². The lowest BCUT2D eigenvalue weighted by Gasteiger charge is -2.37. The zero-order valence-corrected chi connectivity index (χ0v) is 19.4. The zero-order chi connectivity index (χ0) is 22.5. The highest BCUT2D eigenvalue weighted by atomic mass is 16.1. The Labute approximate surface area is 189 Å². The van der Waals surface area contributed by atoms with Gasteiger partial charge in [-0.05, 0) is 38.0 Å². The number of amides is 1. The lowest BCUT2D eigenvalue weighted by atomic mass is 9.99. The Morgan fingerprint density at radius 1 is 1.28 bits per heavy atom. The molecular formula is C25H34N5O2+. The number of carbonyl (C=O) groups excluding carboxylic acids is 1. The average Bonchev–Trinajstić information content (AvgIpc) is 3.16. The van der Waals surface area contributed by atoms with E-state index in [-0.39, 0.29) is 11.5 Å². The fraction of sp³-hybridized carbons (Fsp3) is 0.560. The molecule has 7 nitrogen and oxygen atoms in total.